The van der Waals surface area contributed by atoms with Crippen LogP contribution in [0.2, 0.25) is 10.0 Å². The lowest BCUT2D eigenvalue weighted by Crippen LogP contribution is -2.50. The highest BCUT2D eigenvalue weighted by atomic mass is 35.5. The van der Waals surface area contributed by atoms with Gasteiger partial charge >= 0.3 is 0 Å². The van der Waals surface area contributed by atoms with E-state index in [1.54, 1.807) is 30.5 Å². The van der Waals surface area contributed by atoms with Crippen molar-refractivity contribution in [2.24, 2.45) is 0 Å². The summed E-state index contributed by atoms with van der Waals surface area (Å²) in [7, 11) is 0. The molecule has 0 saturated carbocycles. The Balaban J connectivity index is 1.89. The molecule has 0 aliphatic heterocycles. The maximum atomic E-state index is 13.1. The minimum absolute atomic E-state index is 0.278. The number of carbonyl (C=O) groups is 1. The summed E-state index contributed by atoms with van der Waals surface area (Å²) in [4.78, 5) is 16.3. The first-order valence-electron chi connectivity index (χ1n) is 9.38. The van der Waals surface area contributed by atoms with Crippen LogP contribution in [0.3, 0.4) is 0 Å². The molecular formula is C22H25Cl2N3O2. The van der Waals surface area contributed by atoms with Crippen LogP contribution >= 0.6 is 23.2 Å². The minimum Gasteiger partial charge on any atom is -0.377 e. The van der Waals surface area contributed by atoms with Crippen LogP contribution in [0.15, 0.2) is 48.7 Å². The summed E-state index contributed by atoms with van der Waals surface area (Å²) in [5.74, 6) is -1.09. The van der Waals surface area contributed by atoms with E-state index < -0.39 is 12.1 Å². The number of fused-ring (bicyclic) bond motifs is 1. The predicted octanol–water partition coefficient (Wildman–Crippen LogP) is 4.58. The molecule has 2 aromatic carbocycles. The quantitative estimate of drug-likeness (QED) is 0.429. The fourth-order valence-electron chi connectivity index (χ4n) is 3.26. The molecule has 1 heterocycles. The number of amides is 1. The van der Waals surface area contributed by atoms with Crippen LogP contribution < -0.4 is 10.6 Å². The van der Waals surface area contributed by atoms with Gasteiger partial charge in [0.1, 0.15) is 12.1 Å². The Hall–Kier alpha value is -2.05. The molecule has 0 aliphatic carbocycles. The van der Waals surface area contributed by atoms with Crippen molar-refractivity contribution in [2.75, 3.05) is 0 Å². The van der Waals surface area contributed by atoms with E-state index >= 15 is 0 Å². The number of halogens is 2. The van der Waals surface area contributed by atoms with Crippen molar-refractivity contribution in [2.45, 2.75) is 45.0 Å². The van der Waals surface area contributed by atoms with E-state index in [4.69, 9.17) is 23.2 Å². The molecule has 154 valence electrons. The van der Waals surface area contributed by atoms with Gasteiger partial charge in [-0.05, 0) is 56.2 Å². The number of aliphatic hydroxyl groups excluding tert-OH is 1. The fourth-order valence-corrected chi connectivity index (χ4v) is 3.56. The minimum atomic E-state index is -1.07. The highest BCUT2D eigenvalue weighted by Crippen LogP contribution is 2.30. The van der Waals surface area contributed by atoms with Gasteiger partial charge in [-0.25, -0.2) is 0 Å². The number of hydrogen-bond acceptors (Lipinski definition) is 3. The zero-order valence-electron chi connectivity index (χ0n) is 16.6. The molecule has 0 saturated heterocycles. The number of aliphatic hydroxyl groups is 1. The molecule has 4 N–H and O–H groups in total. The van der Waals surface area contributed by atoms with Crippen LogP contribution in [-0.4, -0.2) is 27.8 Å². The molecule has 2 atom stereocenters. The first-order valence-corrected chi connectivity index (χ1v) is 10.1. The maximum absolute atomic E-state index is 13.1. The summed E-state index contributed by atoms with van der Waals surface area (Å²) >= 11 is 12.0. The van der Waals surface area contributed by atoms with Gasteiger partial charge in [-0.1, -0.05) is 41.4 Å². The SMILES string of the molecule is CC(C)(C)NC(O)C(C(=O)NCc1ccc(Cl)cc1)c1c[nH]c2cc(Cl)ccc12. The summed E-state index contributed by atoms with van der Waals surface area (Å²) in [5, 5.41) is 19.0. The lowest BCUT2D eigenvalue weighted by molar-refractivity contribution is -0.126. The average molecular weight is 434 g/mol. The van der Waals surface area contributed by atoms with E-state index in [2.05, 4.69) is 15.6 Å². The van der Waals surface area contributed by atoms with E-state index in [1.165, 1.54) is 0 Å². The molecule has 0 aliphatic rings. The number of benzene rings is 2. The number of rotatable bonds is 6. The number of aromatic amines is 1. The van der Waals surface area contributed by atoms with Crippen molar-refractivity contribution >= 4 is 40.0 Å². The molecule has 0 fully saturated rings. The molecule has 3 aromatic rings. The first-order chi connectivity index (χ1) is 13.6. The van der Waals surface area contributed by atoms with Crippen LogP contribution in [0.1, 0.15) is 37.8 Å². The Kier molecular flexibility index (Phi) is 6.54. The van der Waals surface area contributed by atoms with Crippen molar-refractivity contribution in [3.8, 4) is 0 Å². The molecule has 1 aromatic heterocycles. The van der Waals surface area contributed by atoms with Crippen molar-refractivity contribution in [3.63, 3.8) is 0 Å². The van der Waals surface area contributed by atoms with Crippen molar-refractivity contribution in [1.29, 1.82) is 0 Å². The zero-order chi connectivity index (χ0) is 21.2. The number of aromatic nitrogens is 1. The molecule has 0 bridgehead atoms. The van der Waals surface area contributed by atoms with E-state index in [9.17, 15) is 9.90 Å². The molecule has 1 amide bonds. The van der Waals surface area contributed by atoms with E-state index in [0.29, 0.717) is 22.2 Å². The number of carbonyl (C=O) groups excluding carboxylic acids is 1. The van der Waals surface area contributed by atoms with Crippen LogP contribution in [-0.2, 0) is 11.3 Å². The molecule has 0 radical (unpaired) electrons. The molecule has 2 unspecified atom stereocenters. The highest BCUT2D eigenvalue weighted by molar-refractivity contribution is 6.31. The summed E-state index contributed by atoms with van der Waals surface area (Å²) < 4.78 is 0. The molecule has 29 heavy (non-hydrogen) atoms. The standard InChI is InChI=1S/C22H25Cl2N3O2/c1-22(2,3)27-21(29)19(17-12-25-18-10-15(24)8-9-16(17)18)20(28)26-11-13-4-6-14(23)7-5-13/h4-10,12,19,21,25,27,29H,11H2,1-3H3,(H,26,28). The van der Waals surface area contributed by atoms with Gasteiger partial charge in [0.2, 0.25) is 5.91 Å². The molecule has 0 spiro atoms. The summed E-state index contributed by atoms with van der Waals surface area (Å²) in [6.45, 7) is 6.15. The van der Waals surface area contributed by atoms with Gasteiger partial charge in [0, 0.05) is 39.2 Å². The topological polar surface area (TPSA) is 77.2 Å². The average Bonchev–Trinajstić information content (AvgIpc) is 3.02. The number of H-pyrrole nitrogens is 1. The van der Waals surface area contributed by atoms with Gasteiger partial charge in [0.15, 0.2) is 0 Å². The largest absolute Gasteiger partial charge is 0.377 e. The van der Waals surface area contributed by atoms with Crippen LogP contribution in [0.5, 0.6) is 0 Å². The lowest BCUT2D eigenvalue weighted by atomic mass is 9.94. The molecule has 3 rings (SSSR count). The van der Waals surface area contributed by atoms with Gasteiger partial charge in [-0.15, -0.1) is 0 Å². The van der Waals surface area contributed by atoms with Gasteiger partial charge in [0.25, 0.3) is 0 Å². The summed E-state index contributed by atoms with van der Waals surface area (Å²) in [5.41, 5.74) is 2.06. The Morgan fingerprint density at radius 2 is 1.76 bits per heavy atom. The number of nitrogens with one attached hydrogen (secondary N) is 3. The molecule has 7 heteroatoms. The maximum Gasteiger partial charge on any atom is 0.231 e. The van der Waals surface area contributed by atoms with Crippen molar-refractivity contribution < 1.29 is 9.90 Å². The normalized spacial score (nSPS) is 14.0. The zero-order valence-corrected chi connectivity index (χ0v) is 18.1. The second-order valence-electron chi connectivity index (χ2n) is 8.10. The van der Waals surface area contributed by atoms with Gasteiger partial charge < -0.3 is 15.4 Å². The summed E-state index contributed by atoms with van der Waals surface area (Å²) in [6.07, 6.45) is 0.677. The predicted molar refractivity (Wildman–Crippen MR) is 118 cm³/mol. The second kappa shape index (κ2) is 8.76. The third-order valence-electron chi connectivity index (χ3n) is 4.57. The summed E-state index contributed by atoms with van der Waals surface area (Å²) in [6, 6.07) is 12.7. The van der Waals surface area contributed by atoms with Crippen LogP contribution in [0.4, 0.5) is 0 Å². The van der Waals surface area contributed by atoms with E-state index in [1.807, 2.05) is 39.0 Å². The van der Waals surface area contributed by atoms with Gasteiger partial charge in [-0.2, -0.15) is 0 Å². The van der Waals surface area contributed by atoms with Crippen molar-refractivity contribution in [1.82, 2.24) is 15.6 Å². The second-order valence-corrected chi connectivity index (χ2v) is 8.97. The smallest absolute Gasteiger partial charge is 0.231 e. The van der Waals surface area contributed by atoms with Gasteiger partial charge in [-0.3, -0.25) is 10.1 Å². The fraction of sp³-hybridized carbons (Fsp3) is 0.318. The number of hydrogen-bond donors (Lipinski definition) is 4. The Labute approximate surface area is 180 Å². The Morgan fingerprint density at radius 1 is 1.10 bits per heavy atom. The van der Waals surface area contributed by atoms with E-state index in [0.717, 1.165) is 16.5 Å². The van der Waals surface area contributed by atoms with Crippen LogP contribution in [0.25, 0.3) is 10.9 Å². The highest BCUT2D eigenvalue weighted by Gasteiger charge is 2.32. The molecule has 5 nitrogen and oxygen atoms in total. The third-order valence-corrected chi connectivity index (χ3v) is 5.06. The third kappa shape index (κ3) is 5.52. The monoisotopic (exact) mass is 433 g/mol. The Bertz CT molecular complexity index is 993. The first kappa shape index (κ1) is 21.7. The van der Waals surface area contributed by atoms with Gasteiger partial charge in [0.05, 0.1) is 0 Å². The van der Waals surface area contributed by atoms with Crippen molar-refractivity contribution in [3.05, 3.63) is 69.8 Å². The molecular weight excluding hydrogens is 409 g/mol. The Morgan fingerprint density at radius 3 is 2.41 bits per heavy atom. The van der Waals surface area contributed by atoms with E-state index in [-0.39, 0.29) is 11.4 Å². The lowest BCUT2D eigenvalue weighted by Gasteiger charge is -2.30. The van der Waals surface area contributed by atoms with Crippen LogP contribution in [0, 0.1) is 0 Å².